The average Bonchev–Trinajstić information content (AvgIpc) is 2.37. The SMILES string of the molecule is CC(C)Oc1cccc(C(N)c2ccc(Cl)cc2F)c1. The molecule has 0 aliphatic carbocycles. The lowest BCUT2D eigenvalue weighted by Gasteiger charge is -2.16. The fourth-order valence-corrected chi connectivity index (χ4v) is 2.15. The van der Waals surface area contributed by atoms with Gasteiger partial charge in [-0.05, 0) is 43.7 Å². The standard InChI is InChI=1S/C16H17ClFNO/c1-10(2)20-13-5-3-4-11(8-13)16(19)14-7-6-12(17)9-15(14)18/h3-10,16H,19H2,1-2H3. The Morgan fingerprint density at radius 1 is 1.15 bits per heavy atom. The first kappa shape index (κ1) is 14.8. The first-order valence-electron chi connectivity index (χ1n) is 6.44. The quantitative estimate of drug-likeness (QED) is 0.911. The predicted molar refractivity (Wildman–Crippen MR) is 79.6 cm³/mol. The molecule has 106 valence electrons. The van der Waals surface area contributed by atoms with Crippen LogP contribution in [-0.2, 0) is 0 Å². The highest BCUT2D eigenvalue weighted by Gasteiger charge is 2.14. The largest absolute Gasteiger partial charge is 0.491 e. The summed E-state index contributed by atoms with van der Waals surface area (Å²) in [7, 11) is 0. The van der Waals surface area contributed by atoms with Gasteiger partial charge in [0.25, 0.3) is 0 Å². The van der Waals surface area contributed by atoms with E-state index in [0.29, 0.717) is 10.6 Å². The number of hydrogen-bond donors (Lipinski definition) is 1. The number of nitrogens with two attached hydrogens (primary N) is 1. The lowest BCUT2D eigenvalue weighted by Crippen LogP contribution is -2.14. The normalized spacial score (nSPS) is 12.5. The number of benzene rings is 2. The first-order valence-corrected chi connectivity index (χ1v) is 6.82. The van der Waals surface area contributed by atoms with Crippen molar-refractivity contribution < 1.29 is 9.13 Å². The van der Waals surface area contributed by atoms with Crippen LogP contribution in [-0.4, -0.2) is 6.10 Å². The summed E-state index contributed by atoms with van der Waals surface area (Å²) in [5.74, 6) is 0.322. The Kier molecular flexibility index (Phi) is 4.63. The molecule has 0 bridgehead atoms. The molecule has 2 rings (SSSR count). The van der Waals surface area contributed by atoms with Crippen molar-refractivity contribution in [1.82, 2.24) is 0 Å². The van der Waals surface area contributed by atoms with Crippen LogP contribution >= 0.6 is 11.6 Å². The second kappa shape index (κ2) is 6.25. The minimum atomic E-state index is -0.553. The Balaban J connectivity index is 2.30. The Labute approximate surface area is 123 Å². The van der Waals surface area contributed by atoms with Gasteiger partial charge in [-0.1, -0.05) is 29.8 Å². The van der Waals surface area contributed by atoms with Gasteiger partial charge in [-0.3, -0.25) is 0 Å². The molecule has 0 aliphatic rings. The zero-order valence-electron chi connectivity index (χ0n) is 11.4. The van der Waals surface area contributed by atoms with E-state index in [-0.39, 0.29) is 6.10 Å². The van der Waals surface area contributed by atoms with Gasteiger partial charge in [0.2, 0.25) is 0 Å². The van der Waals surface area contributed by atoms with Crippen molar-refractivity contribution in [3.63, 3.8) is 0 Å². The number of rotatable bonds is 4. The van der Waals surface area contributed by atoms with Gasteiger partial charge in [0.05, 0.1) is 12.1 Å². The van der Waals surface area contributed by atoms with Crippen LogP contribution in [0.3, 0.4) is 0 Å². The molecule has 2 aromatic carbocycles. The predicted octanol–water partition coefficient (Wildman–Crippen LogP) is 4.31. The van der Waals surface area contributed by atoms with E-state index in [4.69, 9.17) is 22.1 Å². The molecule has 2 N–H and O–H groups in total. The molecule has 0 aromatic heterocycles. The zero-order chi connectivity index (χ0) is 14.7. The second-order valence-corrected chi connectivity index (χ2v) is 5.32. The Bertz CT molecular complexity index is 601. The van der Waals surface area contributed by atoms with Crippen molar-refractivity contribution >= 4 is 11.6 Å². The molecular formula is C16H17ClFNO. The minimum Gasteiger partial charge on any atom is -0.491 e. The van der Waals surface area contributed by atoms with E-state index in [1.54, 1.807) is 12.1 Å². The summed E-state index contributed by atoms with van der Waals surface area (Å²) in [4.78, 5) is 0. The van der Waals surface area contributed by atoms with E-state index in [0.717, 1.165) is 11.3 Å². The van der Waals surface area contributed by atoms with E-state index in [1.165, 1.54) is 6.07 Å². The van der Waals surface area contributed by atoms with Gasteiger partial charge in [0.1, 0.15) is 11.6 Å². The van der Waals surface area contributed by atoms with Gasteiger partial charge in [-0.15, -0.1) is 0 Å². The molecule has 0 spiro atoms. The molecule has 0 fully saturated rings. The van der Waals surface area contributed by atoms with Crippen LogP contribution in [0.4, 0.5) is 4.39 Å². The molecule has 1 atom stereocenters. The molecule has 0 radical (unpaired) electrons. The maximum Gasteiger partial charge on any atom is 0.129 e. The van der Waals surface area contributed by atoms with E-state index >= 15 is 0 Å². The number of hydrogen-bond acceptors (Lipinski definition) is 2. The highest BCUT2D eigenvalue weighted by atomic mass is 35.5. The maximum absolute atomic E-state index is 13.9. The summed E-state index contributed by atoms with van der Waals surface area (Å²) in [6.45, 7) is 3.90. The third kappa shape index (κ3) is 3.50. The highest BCUT2D eigenvalue weighted by molar-refractivity contribution is 6.30. The summed E-state index contributed by atoms with van der Waals surface area (Å²) < 4.78 is 19.5. The smallest absolute Gasteiger partial charge is 0.129 e. The summed E-state index contributed by atoms with van der Waals surface area (Å²) in [6, 6.07) is 11.3. The van der Waals surface area contributed by atoms with Gasteiger partial charge in [-0.2, -0.15) is 0 Å². The number of ether oxygens (including phenoxy) is 1. The average molecular weight is 294 g/mol. The van der Waals surface area contributed by atoms with E-state index < -0.39 is 11.9 Å². The third-order valence-electron chi connectivity index (χ3n) is 2.89. The van der Waals surface area contributed by atoms with E-state index in [2.05, 4.69) is 0 Å². The summed E-state index contributed by atoms with van der Waals surface area (Å²) in [5.41, 5.74) is 7.34. The van der Waals surface area contributed by atoms with E-state index in [9.17, 15) is 4.39 Å². The van der Waals surface area contributed by atoms with Crippen molar-refractivity contribution in [3.05, 3.63) is 64.4 Å². The second-order valence-electron chi connectivity index (χ2n) is 4.88. The molecule has 2 nitrogen and oxygen atoms in total. The minimum absolute atomic E-state index is 0.0775. The monoisotopic (exact) mass is 293 g/mol. The molecule has 0 saturated carbocycles. The zero-order valence-corrected chi connectivity index (χ0v) is 12.2. The van der Waals surface area contributed by atoms with Gasteiger partial charge >= 0.3 is 0 Å². The molecule has 0 saturated heterocycles. The topological polar surface area (TPSA) is 35.2 Å². The van der Waals surface area contributed by atoms with Gasteiger partial charge in [-0.25, -0.2) is 4.39 Å². The van der Waals surface area contributed by atoms with E-state index in [1.807, 2.05) is 38.1 Å². The van der Waals surface area contributed by atoms with Crippen LogP contribution in [0.15, 0.2) is 42.5 Å². The highest BCUT2D eigenvalue weighted by Crippen LogP contribution is 2.27. The van der Waals surface area contributed by atoms with Crippen LogP contribution in [0.2, 0.25) is 5.02 Å². The lowest BCUT2D eigenvalue weighted by molar-refractivity contribution is 0.242. The molecule has 0 aliphatic heterocycles. The third-order valence-corrected chi connectivity index (χ3v) is 3.12. The fraction of sp³-hybridized carbons (Fsp3) is 0.250. The van der Waals surface area contributed by atoms with Crippen LogP contribution < -0.4 is 10.5 Å². The van der Waals surface area contributed by atoms with Crippen LogP contribution in [0, 0.1) is 5.82 Å². The van der Waals surface area contributed by atoms with Crippen LogP contribution in [0.1, 0.15) is 31.0 Å². The number of halogens is 2. The molecule has 0 heterocycles. The fourth-order valence-electron chi connectivity index (χ4n) is 1.99. The van der Waals surface area contributed by atoms with Gasteiger partial charge < -0.3 is 10.5 Å². The lowest BCUT2D eigenvalue weighted by atomic mass is 9.99. The first-order chi connectivity index (χ1) is 9.47. The Hall–Kier alpha value is -1.58. The molecule has 0 amide bonds. The Morgan fingerprint density at radius 2 is 1.90 bits per heavy atom. The van der Waals surface area contributed by atoms with Gasteiger partial charge in [0.15, 0.2) is 0 Å². The summed E-state index contributed by atoms with van der Waals surface area (Å²) in [5, 5.41) is 0.357. The molecule has 2 aromatic rings. The van der Waals surface area contributed by atoms with Crippen molar-refractivity contribution in [2.75, 3.05) is 0 Å². The van der Waals surface area contributed by atoms with Crippen LogP contribution in [0.25, 0.3) is 0 Å². The molecule has 20 heavy (non-hydrogen) atoms. The summed E-state index contributed by atoms with van der Waals surface area (Å²) in [6.07, 6.45) is 0.0775. The molecular weight excluding hydrogens is 277 g/mol. The van der Waals surface area contributed by atoms with Crippen LogP contribution in [0.5, 0.6) is 5.75 Å². The van der Waals surface area contributed by atoms with Crippen molar-refractivity contribution in [1.29, 1.82) is 0 Å². The maximum atomic E-state index is 13.9. The van der Waals surface area contributed by atoms with Crippen molar-refractivity contribution in [2.45, 2.75) is 26.0 Å². The summed E-state index contributed by atoms with van der Waals surface area (Å²) >= 11 is 5.75. The van der Waals surface area contributed by atoms with Crippen molar-refractivity contribution in [2.24, 2.45) is 5.73 Å². The Morgan fingerprint density at radius 3 is 2.55 bits per heavy atom. The van der Waals surface area contributed by atoms with Gasteiger partial charge in [0, 0.05) is 10.6 Å². The molecule has 1 unspecified atom stereocenters. The van der Waals surface area contributed by atoms with Crippen molar-refractivity contribution in [3.8, 4) is 5.75 Å². The molecule has 4 heteroatoms.